The van der Waals surface area contributed by atoms with Crippen LogP contribution in [0.3, 0.4) is 0 Å². The van der Waals surface area contributed by atoms with E-state index >= 15 is 0 Å². The fraction of sp³-hybridized carbons (Fsp3) is 0.133. The fourth-order valence-corrected chi connectivity index (χ4v) is 3.86. The summed E-state index contributed by atoms with van der Waals surface area (Å²) < 4.78 is 1.12. The first-order valence-corrected chi connectivity index (χ1v) is 7.99. The van der Waals surface area contributed by atoms with E-state index in [0.29, 0.717) is 0 Å². The van der Waals surface area contributed by atoms with Crippen LogP contribution in [-0.2, 0) is 11.2 Å². The highest BCUT2D eigenvalue weighted by molar-refractivity contribution is 14.1. The maximum absolute atomic E-state index is 12.3. The van der Waals surface area contributed by atoms with E-state index in [1.165, 1.54) is 10.5 Å². The van der Waals surface area contributed by atoms with Crippen molar-refractivity contribution in [1.29, 1.82) is 0 Å². The zero-order valence-corrected chi connectivity index (χ0v) is 13.1. The molecule has 0 saturated carbocycles. The minimum Gasteiger partial charge on any atom is -0.325 e. The van der Waals surface area contributed by atoms with Crippen LogP contribution in [0, 0.1) is 3.57 Å². The third-order valence-electron chi connectivity index (χ3n) is 3.03. The van der Waals surface area contributed by atoms with Crippen LogP contribution in [0.25, 0.3) is 0 Å². The highest BCUT2D eigenvalue weighted by atomic mass is 127. The summed E-state index contributed by atoms with van der Waals surface area (Å²) in [6.07, 6.45) is 0.816. The minimum absolute atomic E-state index is 0.0183. The molecule has 1 atom stereocenters. The van der Waals surface area contributed by atoms with Crippen LogP contribution < -0.4 is 5.32 Å². The van der Waals surface area contributed by atoms with Crippen molar-refractivity contribution in [2.24, 2.45) is 0 Å². The smallest absolute Gasteiger partial charge is 0.238 e. The van der Waals surface area contributed by atoms with Crippen LogP contribution in [-0.4, -0.2) is 11.2 Å². The molecule has 0 aromatic heterocycles. The number of amides is 1. The predicted octanol–water partition coefficient (Wildman–Crippen LogP) is 3.95. The average Bonchev–Trinajstić information content (AvgIpc) is 2.82. The molecule has 2 aromatic carbocycles. The summed E-state index contributed by atoms with van der Waals surface area (Å²) in [5.74, 6) is 0.0863. The van der Waals surface area contributed by atoms with Gasteiger partial charge in [-0.2, -0.15) is 0 Å². The van der Waals surface area contributed by atoms with Gasteiger partial charge in [0.1, 0.15) is 0 Å². The normalized spacial score (nSPS) is 17.0. The standard InChI is InChI=1S/C15H12INOS/c16-11-5-3-6-12(9-11)17-15(18)14-8-10-4-1-2-7-13(10)19-14/h1-7,9,14H,8H2,(H,17,18). The molecule has 1 unspecified atom stereocenters. The minimum atomic E-state index is -0.0183. The second-order valence-electron chi connectivity index (χ2n) is 4.42. The van der Waals surface area contributed by atoms with E-state index in [4.69, 9.17) is 0 Å². The molecule has 0 fully saturated rings. The van der Waals surface area contributed by atoms with E-state index < -0.39 is 0 Å². The van der Waals surface area contributed by atoms with E-state index in [2.05, 4.69) is 40.0 Å². The molecule has 0 radical (unpaired) electrons. The number of benzene rings is 2. The van der Waals surface area contributed by atoms with E-state index in [1.807, 2.05) is 36.4 Å². The highest BCUT2D eigenvalue weighted by Gasteiger charge is 2.27. The zero-order chi connectivity index (χ0) is 13.2. The van der Waals surface area contributed by atoms with Crippen LogP contribution in [0.4, 0.5) is 5.69 Å². The van der Waals surface area contributed by atoms with Crippen molar-refractivity contribution in [3.8, 4) is 0 Å². The lowest BCUT2D eigenvalue weighted by atomic mass is 10.1. The van der Waals surface area contributed by atoms with Crippen molar-refractivity contribution in [3.63, 3.8) is 0 Å². The van der Waals surface area contributed by atoms with E-state index in [1.54, 1.807) is 11.8 Å². The Morgan fingerprint density at radius 3 is 2.84 bits per heavy atom. The SMILES string of the molecule is O=C(Nc1cccc(I)c1)C1Cc2ccccc2S1. The third-order valence-corrected chi connectivity index (χ3v) is 5.02. The van der Waals surface area contributed by atoms with Crippen LogP contribution >= 0.6 is 34.4 Å². The number of anilines is 1. The Labute approximate surface area is 130 Å². The van der Waals surface area contributed by atoms with Gasteiger partial charge in [0.15, 0.2) is 0 Å². The van der Waals surface area contributed by atoms with E-state index in [-0.39, 0.29) is 11.2 Å². The van der Waals surface area contributed by atoms with E-state index in [9.17, 15) is 4.79 Å². The van der Waals surface area contributed by atoms with Gasteiger partial charge >= 0.3 is 0 Å². The maximum atomic E-state index is 12.3. The molecule has 4 heteroatoms. The Morgan fingerprint density at radius 2 is 2.05 bits per heavy atom. The zero-order valence-electron chi connectivity index (χ0n) is 10.1. The van der Waals surface area contributed by atoms with Crippen LogP contribution in [0.15, 0.2) is 53.4 Å². The Hall–Kier alpha value is -1.01. The summed E-state index contributed by atoms with van der Waals surface area (Å²) in [6, 6.07) is 16.1. The Kier molecular flexibility index (Phi) is 3.79. The summed E-state index contributed by atoms with van der Waals surface area (Å²) in [6.45, 7) is 0. The summed E-state index contributed by atoms with van der Waals surface area (Å²) in [5.41, 5.74) is 2.14. The number of halogens is 1. The molecule has 0 aliphatic carbocycles. The van der Waals surface area contributed by atoms with Crippen molar-refractivity contribution in [2.75, 3.05) is 5.32 Å². The van der Waals surface area contributed by atoms with Crippen molar-refractivity contribution in [1.82, 2.24) is 0 Å². The fourth-order valence-electron chi connectivity index (χ4n) is 2.12. The number of thioether (sulfide) groups is 1. The van der Waals surface area contributed by atoms with Gasteiger partial charge in [0.05, 0.1) is 5.25 Å². The average molecular weight is 381 g/mol. The number of carbonyl (C=O) groups excluding carboxylic acids is 1. The summed E-state index contributed by atoms with van der Waals surface area (Å²) in [5, 5.41) is 2.98. The molecular weight excluding hydrogens is 369 g/mol. The molecule has 96 valence electrons. The molecule has 1 aliphatic rings. The van der Waals surface area contributed by atoms with Crippen molar-refractivity contribution < 1.29 is 4.79 Å². The summed E-state index contributed by atoms with van der Waals surface area (Å²) >= 11 is 3.90. The lowest BCUT2D eigenvalue weighted by Gasteiger charge is -2.10. The molecule has 2 aromatic rings. The molecular formula is C15H12INOS. The van der Waals surface area contributed by atoms with Crippen LogP contribution in [0.2, 0.25) is 0 Å². The first-order valence-electron chi connectivity index (χ1n) is 6.03. The molecule has 0 spiro atoms. The number of fused-ring (bicyclic) bond motifs is 1. The van der Waals surface area contributed by atoms with Crippen LogP contribution in [0.1, 0.15) is 5.56 Å². The van der Waals surface area contributed by atoms with Gasteiger partial charge in [-0.1, -0.05) is 24.3 Å². The topological polar surface area (TPSA) is 29.1 Å². The molecule has 19 heavy (non-hydrogen) atoms. The van der Waals surface area contributed by atoms with Gasteiger partial charge in [0.25, 0.3) is 0 Å². The van der Waals surface area contributed by atoms with Crippen molar-refractivity contribution in [2.45, 2.75) is 16.6 Å². The van der Waals surface area contributed by atoms with Crippen molar-refractivity contribution >= 4 is 45.9 Å². The third kappa shape index (κ3) is 2.95. The highest BCUT2D eigenvalue weighted by Crippen LogP contribution is 2.37. The molecule has 1 amide bonds. The molecule has 0 bridgehead atoms. The lowest BCUT2D eigenvalue weighted by molar-refractivity contribution is -0.115. The quantitative estimate of drug-likeness (QED) is 0.799. The second kappa shape index (κ2) is 5.54. The lowest BCUT2D eigenvalue weighted by Crippen LogP contribution is -2.24. The largest absolute Gasteiger partial charge is 0.325 e. The maximum Gasteiger partial charge on any atom is 0.238 e. The first kappa shape index (κ1) is 13.0. The monoisotopic (exact) mass is 381 g/mol. The van der Waals surface area contributed by atoms with Gasteiger partial charge < -0.3 is 5.32 Å². The number of carbonyl (C=O) groups is 1. The molecule has 3 rings (SSSR count). The Bertz CT molecular complexity index is 604. The summed E-state index contributed by atoms with van der Waals surface area (Å²) in [4.78, 5) is 13.5. The summed E-state index contributed by atoms with van der Waals surface area (Å²) in [7, 11) is 0. The van der Waals surface area contributed by atoms with Gasteiger partial charge in [0.2, 0.25) is 5.91 Å². The molecule has 1 aliphatic heterocycles. The molecule has 2 nitrogen and oxygen atoms in total. The van der Waals surface area contributed by atoms with Crippen molar-refractivity contribution in [3.05, 3.63) is 57.7 Å². The predicted molar refractivity (Wildman–Crippen MR) is 87.6 cm³/mol. The molecule has 1 heterocycles. The van der Waals surface area contributed by atoms with Crippen LogP contribution in [0.5, 0.6) is 0 Å². The Morgan fingerprint density at radius 1 is 1.21 bits per heavy atom. The van der Waals surface area contributed by atoms with Gasteiger partial charge in [-0.05, 0) is 58.8 Å². The molecule has 1 N–H and O–H groups in total. The number of hydrogen-bond donors (Lipinski definition) is 1. The van der Waals surface area contributed by atoms with Gasteiger partial charge in [-0.25, -0.2) is 0 Å². The first-order chi connectivity index (χ1) is 9.22. The Balaban J connectivity index is 1.70. The second-order valence-corrected chi connectivity index (χ2v) is 6.91. The van der Waals surface area contributed by atoms with Gasteiger partial charge in [-0.3, -0.25) is 4.79 Å². The molecule has 0 saturated heterocycles. The van der Waals surface area contributed by atoms with E-state index in [0.717, 1.165) is 15.7 Å². The van der Waals surface area contributed by atoms with Gasteiger partial charge in [0, 0.05) is 14.2 Å². The van der Waals surface area contributed by atoms with Gasteiger partial charge in [-0.15, -0.1) is 11.8 Å². The number of nitrogens with one attached hydrogen (secondary N) is 1. The number of rotatable bonds is 2. The number of hydrogen-bond acceptors (Lipinski definition) is 2.